The van der Waals surface area contributed by atoms with Crippen molar-refractivity contribution in [1.82, 2.24) is 9.80 Å². The summed E-state index contributed by atoms with van der Waals surface area (Å²) in [6, 6.07) is 20.9. The molecule has 6 heteroatoms. The first kappa shape index (κ1) is 25.4. The van der Waals surface area contributed by atoms with E-state index in [1.807, 2.05) is 7.11 Å². The molecule has 2 aromatic rings. The van der Waals surface area contributed by atoms with Gasteiger partial charge in [-0.1, -0.05) is 59.7 Å². The Morgan fingerprint density at radius 3 is 2.18 bits per heavy atom. The van der Waals surface area contributed by atoms with Gasteiger partial charge in [0.1, 0.15) is 11.8 Å². The van der Waals surface area contributed by atoms with Gasteiger partial charge in [-0.05, 0) is 81.8 Å². The van der Waals surface area contributed by atoms with E-state index in [9.17, 15) is 0 Å². The van der Waals surface area contributed by atoms with E-state index in [2.05, 4.69) is 94.1 Å². The molecule has 0 radical (unpaired) electrons. The number of rotatable bonds is 1. The summed E-state index contributed by atoms with van der Waals surface area (Å²) in [6.07, 6.45) is 9.68. The van der Waals surface area contributed by atoms with Crippen LogP contribution in [-0.4, -0.2) is 85.3 Å². The fraction of sp³-hybridized carbons (Fsp3) is 0.590. The molecule has 0 amide bonds. The first-order valence-electron chi connectivity index (χ1n) is 17.9. The molecule has 45 heavy (non-hydrogen) atoms. The minimum absolute atomic E-state index is 0.0360. The van der Waals surface area contributed by atoms with Gasteiger partial charge in [0.2, 0.25) is 0 Å². The van der Waals surface area contributed by atoms with E-state index in [-0.39, 0.29) is 29.3 Å². The quantitative estimate of drug-likeness (QED) is 0.427. The van der Waals surface area contributed by atoms with Crippen LogP contribution in [0.5, 0.6) is 0 Å². The van der Waals surface area contributed by atoms with Gasteiger partial charge in [0, 0.05) is 66.3 Å². The minimum Gasteiger partial charge on any atom is -0.358 e. The molecule has 12 rings (SSSR count). The molecule has 8 fully saturated rings. The highest BCUT2D eigenvalue weighted by Crippen LogP contribution is 2.74. The van der Waals surface area contributed by atoms with E-state index in [1.165, 1.54) is 50.1 Å². The van der Waals surface area contributed by atoms with Crippen molar-refractivity contribution in [2.75, 3.05) is 43.1 Å². The van der Waals surface area contributed by atoms with Gasteiger partial charge in [0.05, 0.1) is 12.1 Å². The van der Waals surface area contributed by atoms with Crippen LogP contribution in [0.4, 0.5) is 11.4 Å². The smallest absolute Gasteiger partial charge is 0.162 e. The zero-order valence-electron chi connectivity index (χ0n) is 26.7. The number of nitrogens with zero attached hydrogens (tertiary/aromatic N) is 4. The fourth-order valence-electron chi connectivity index (χ4n) is 14.6. The molecule has 6 saturated heterocycles. The molecular weight excluding hydrogens is 556 g/mol. The average molecular weight is 601 g/mol. The number of methoxy groups -OCH3 is 1. The Morgan fingerprint density at radius 1 is 0.800 bits per heavy atom. The number of anilines is 2. The van der Waals surface area contributed by atoms with Gasteiger partial charge in [-0.3, -0.25) is 9.80 Å². The molecule has 10 aliphatic rings. The number of piperidine rings is 2. The summed E-state index contributed by atoms with van der Waals surface area (Å²) in [4.78, 5) is 11.5. The van der Waals surface area contributed by atoms with Gasteiger partial charge in [-0.2, -0.15) is 0 Å². The second-order valence-corrected chi connectivity index (χ2v) is 16.1. The third-order valence-corrected chi connectivity index (χ3v) is 15.6. The summed E-state index contributed by atoms with van der Waals surface area (Å²) in [5, 5.41) is 0. The van der Waals surface area contributed by atoms with Crippen molar-refractivity contribution in [3.05, 3.63) is 83.0 Å². The lowest BCUT2D eigenvalue weighted by Gasteiger charge is -2.63. The summed E-state index contributed by atoms with van der Waals surface area (Å²) in [7, 11) is 2.01. The number of benzene rings is 2. The summed E-state index contributed by atoms with van der Waals surface area (Å²) in [6.45, 7) is 9.15. The SMILES string of the molecule is C/C=C1/CN2CC[C@]34c5ccccc5N5[C@H]3[C@H]([C@H]3O[C@]6([C@@H]7N3c3ccccc3[C@@]73CCN7C/C(=C/C)[C@@H]6C[C@H]73)[C@H]5OC)[C@H]1C[C@H]24. The number of hydrogen-bond donors (Lipinski definition) is 0. The molecule has 3 spiro atoms. The average Bonchev–Trinajstić information content (AvgIpc) is 3.86. The Kier molecular flexibility index (Phi) is 4.47. The van der Waals surface area contributed by atoms with E-state index in [1.54, 1.807) is 22.3 Å². The van der Waals surface area contributed by atoms with Crippen LogP contribution < -0.4 is 9.80 Å². The highest BCUT2D eigenvalue weighted by Gasteiger charge is 2.84. The molecule has 12 atom stereocenters. The zero-order valence-corrected chi connectivity index (χ0v) is 26.7. The first-order valence-corrected chi connectivity index (χ1v) is 17.9. The highest BCUT2D eigenvalue weighted by atomic mass is 16.6. The topological polar surface area (TPSA) is 31.4 Å². The molecule has 8 heterocycles. The number of para-hydroxylation sites is 2. The minimum atomic E-state index is -0.453. The van der Waals surface area contributed by atoms with Crippen LogP contribution >= 0.6 is 0 Å². The Labute approximate surface area is 266 Å². The maximum atomic E-state index is 8.15. The van der Waals surface area contributed by atoms with Gasteiger partial charge in [0.15, 0.2) is 6.23 Å². The maximum absolute atomic E-state index is 8.15. The molecular formula is C39H44N4O2. The number of hydrogen-bond acceptors (Lipinski definition) is 6. The molecule has 232 valence electrons. The van der Waals surface area contributed by atoms with E-state index in [4.69, 9.17) is 9.47 Å². The maximum Gasteiger partial charge on any atom is 0.162 e. The van der Waals surface area contributed by atoms with Crippen LogP contribution in [-0.2, 0) is 20.3 Å². The normalized spacial score (nSPS) is 50.6. The third kappa shape index (κ3) is 2.37. The van der Waals surface area contributed by atoms with Crippen LogP contribution in [0.15, 0.2) is 71.8 Å². The highest BCUT2D eigenvalue weighted by molar-refractivity contribution is 5.74. The summed E-state index contributed by atoms with van der Waals surface area (Å²) >= 11 is 0. The molecule has 2 aromatic carbocycles. The standard InChI is InChI=1S/C39H44N4O2/c1-4-22-20-40-16-14-37-25-10-6-8-12-28(25)42-33(37)32(24(22)18-30(37)40)34-43-29-13-9-7-11-26(29)38-15-17-41-21-23(5-2)27(19-31(38)41)39(45-34,35(38)43)36(42)44-3/h4-13,24,27,30-36H,14-21H2,1-3H3/b22-4-,23-5-/t24-,27-,30-,31-,32+,33-,34+,35+,36+,37+,38+,39+/m0/s1. The van der Waals surface area contributed by atoms with Crippen LogP contribution in [0.1, 0.15) is 50.7 Å². The van der Waals surface area contributed by atoms with Gasteiger partial charge in [-0.25, -0.2) is 0 Å². The Morgan fingerprint density at radius 2 is 1.44 bits per heavy atom. The van der Waals surface area contributed by atoms with Crippen molar-refractivity contribution in [2.45, 2.75) is 92.6 Å². The van der Waals surface area contributed by atoms with Crippen LogP contribution in [0, 0.1) is 17.8 Å². The number of allylic oxidation sites excluding steroid dienone is 2. The van der Waals surface area contributed by atoms with Crippen LogP contribution in [0.25, 0.3) is 0 Å². The van der Waals surface area contributed by atoms with Crippen molar-refractivity contribution in [1.29, 1.82) is 0 Å². The third-order valence-electron chi connectivity index (χ3n) is 15.6. The monoisotopic (exact) mass is 600 g/mol. The van der Waals surface area contributed by atoms with Gasteiger partial charge in [-0.15, -0.1) is 0 Å². The van der Waals surface area contributed by atoms with Gasteiger partial charge >= 0.3 is 0 Å². The summed E-state index contributed by atoms with van der Waals surface area (Å²) in [5.74, 6) is 1.24. The summed E-state index contributed by atoms with van der Waals surface area (Å²) in [5.41, 5.74) is 9.05. The zero-order chi connectivity index (χ0) is 29.6. The second kappa shape index (κ2) is 7.90. The fourth-order valence-corrected chi connectivity index (χ4v) is 14.6. The molecule has 6 nitrogen and oxygen atoms in total. The van der Waals surface area contributed by atoms with Crippen molar-refractivity contribution in [3.63, 3.8) is 0 Å². The van der Waals surface area contributed by atoms with Crippen molar-refractivity contribution in [3.8, 4) is 0 Å². The number of ether oxygens (including phenoxy) is 2. The largest absolute Gasteiger partial charge is 0.358 e. The molecule has 8 aliphatic heterocycles. The first-order chi connectivity index (χ1) is 22.1. The molecule has 0 N–H and O–H groups in total. The molecule has 2 aliphatic carbocycles. The Bertz CT molecular complexity index is 1750. The molecule has 6 bridgehead atoms. The molecule has 0 unspecified atom stereocenters. The Balaban J connectivity index is 1.21. The van der Waals surface area contributed by atoms with Crippen LogP contribution in [0.2, 0.25) is 0 Å². The second-order valence-electron chi connectivity index (χ2n) is 16.1. The lowest BCUT2D eigenvalue weighted by atomic mass is 9.52. The number of fused-ring (bicyclic) bond motifs is 10. The lowest BCUT2D eigenvalue weighted by molar-refractivity contribution is -0.184. The Hall–Kier alpha value is -2.64. The van der Waals surface area contributed by atoms with E-state index < -0.39 is 5.60 Å². The van der Waals surface area contributed by atoms with Crippen molar-refractivity contribution >= 4 is 11.4 Å². The predicted octanol–water partition coefficient (Wildman–Crippen LogP) is 5.05. The van der Waals surface area contributed by atoms with Gasteiger partial charge < -0.3 is 19.3 Å². The van der Waals surface area contributed by atoms with Gasteiger partial charge in [0.25, 0.3) is 0 Å². The van der Waals surface area contributed by atoms with E-state index >= 15 is 0 Å². The molecule has 0 aromatic heterocycles. The summed E-state index contributed by atoms with van der Waals surface area (Å²) < 4.78 is 15.2. The molecule has 2 saturated carbocycles. The van der Waals surface area contributed by atoms with Crippen molar-refractivity contribution in [2.24, 2.45) is 17.8 Å². The predicted molar refractivity (Wildman–Crippen MR) is 174 cm³/mol. The van der Waals surface area contributed by atoms with E-state index in [0.717, 1.165) is 13.1 Å². The van der Waals surface area contributed by atoms with Crippen LogP contribution in [0.3, 0.4) is 0 Å². The lowest BCUT2D eigenvalue weighted by Crippen LogP contribution is -2.77. The van der Waals surface area contributed by atoms with E-state index in [0.29, 0.717) is 35.9 Å². The van der Waals surface area contributed by atoms with Crippen molar-refractivity contribution < 1.29 is 9.47 Å².